The highest BCUT2D eigenvalue weighted by Gasteiger charge is 2.22. The molecule has 2 rings (SSSR count). The summed E-state index contributed by atoms with van der Waals surface area (Å²) < 4.78 is 5.89. The first-order valence-corrected chi connectivity index (χ1v) is 9.56. The quantitative estimate of drug-likeness (QED) is 0.413. The van der Waals surface area contributed by atoms with Crippen LogP contribution in [-0.4, -0.2) is 13.2 Å². The van der Waals surface area contributed by atoms with Crippen molar-refractivity contribution in [2.45, 2.75) is 64.2 Å². The van der Waals surface area contributed by atoms with Crippen LogP contribution in [0.2, 0.25) is 0 Å². The third-order valence-electron chi connectivity index (χ3n) is 5.02. The number of rotatable bonds is 9. The second kappa shape index (κ2) is 11.0. The van der Waals surface area contributed by atoms with Crippen molar-refractivity contribution in [3.8, 4) is 6.07 Å². The molecule has 24 heavy (non-hydrogen) atoms. The summed E-state index contributed by atoms with van der Waals surface area (Å²) in [6, 6.07) is 10.3. The van der Waals surface area contributed by atoms with Crippen LogP contribution in [0.5, 0.6) is 0 Å². The summed E-state index contributed by atoms with van der Waals surface area (Å²) in [6.45, 7) is 4.02. The summed E-state index contributed by atoms with van der Waals surface area (Å²) in [6.07, 6.45) is 14.3. The molecule has 2 nitrogen and oxygen atoms in total. The fourth-order valence-corrected chi connectivity index (χ4v) is 3.49. The molecule has 1 aliphatic rings. The van der Waals surface area contributed by atoms with Gasteiger partial charge < -0.3 is 4.74 Å². The number of nitriles is 1. The first-order chi connectivity index (χ1) is 11.8. The molecule has 0 aliphatic heterocycles. The van der Waals surface area contributed by atoms with Crippen molar-refractivity contribution in [1.29, 1.82) is 5.26 Å². The molecule has 2 heteroatoms. The molecular weight excluding hydrogens is 294 g/mol. The van der Waals surface area contributed by atoms with Gasteiger partial charge in [-0.3, -0.25) is 0 Å². The molecular formula is C22H31NO. The predicted octanol–water partition coefficient (Wildman–Crippen LogP) is 5.99. The van der Waals surface area contributed by atoms with Crippen LogP contribution in [0.1, 0.15) is 75.3 Å². The van der Waals surface area contributed by atoms with Crippen molar-refractivity contribution in [3.05, 3.63) is 47.5 Å². The normalized spacial score (nSPS) is 21.0. The standard InChI is InChI=1S/C22H31NO/c1-2-3-4-5-6-7-16-24-18-20-10-14-22(15-11-20)21-12-8-19(17-23)9-13-21/h3-4,8-9,12-13,20,22H,2,5-7,10-11,14-16,18H2,1H3/b4-3+. The van der Waals surface area contributed by atoms with Gasteiger partial charge >= 0.3 is 0 Å². The Morgan fingerprint density at radius 2 is 1.83 bits per heavy atom. The van der Waals surface area contributed by atoms with E-state index in [-0.39, 0.29) is 0 Å². The van der Waals surface area contributed by atoms with E-state index in [4.69, 9.17) is 10.00 Å². The fraction of sp³-hybridized carbons (Fsp3) is 0.591. The Balaban J connectivity index is 1.57. The third-order valence-corrected chi connectivity index (χ3v) is 5.02. The van der Waals surface area contributed by atoms with Crippen LogP contribution in [0.15, 0.2) is 36.4 Å². The fourth-order valence-electron chi connectivity index (χ4n) is 3.49. The topological polar surface area (TPSA) is 33.0 Å². The molecule has 0 aromatic heterocycles. The number of allylic oxidation sites excluding steroid dienone is 2. The number of unbranched alkanes of at least 4 members (excludes halogenated alkanes) is 2. The monoisotopic (exact) mass is 325 g/mol. The Morgan fingerprint density at radius 3 is 2.50 bits per heavy atom. The zero-order valence-electron chi connectivity index (χ0n) is 15.0. The summed E-state index contributed by atoms with van der Waals surface area (Å²) in [5.41, 5.74) is 2.15. The van der Waals surface area contributed by atoms with E-state index in [1.807, 2.05) is 12.1 Å². The summed E-state index contributed by atoms with van der Waals surface area (Å²) in [5.74, 6) is 1.40. The van der Waals surface area contributed by atoms with Crippen molar-refractivity contribution in [2.24, 2.45) is 5.92 Å². The molecule has 1 aromatic rings. The number of ether oxygens (including phenoxy) is 1. The molecule has 0 bridgehead atoms. The lowest BCUT2D eigenvalue weighted by Gasteiger charge is -2.28. The van der Waals surface area contributed by atoms with E-state index in [1.54, 1.807) is 0 Å². The van der Waals surface area contributed by atoms with Crippen LogP contribution in [0.3, 0.4) is 0 Å². The lowest BCUT2D eigenvalue weighted by Crippen LogP contribution is -2.18. The van der Waals surface area contributed by atoms with Gasteiger partial charge in [0.1, 0.15) is 0 Å². The largest absolute Gasteiger partial charge is 0.381 e. The zero-order chi connectivity index (χ0) is 17.0. The maximum absolute atomic E-state index is 8.88. The Labute approximate surface area is 147 Å². The maximum atomic E-state index is 8.88. The Kier molecular flexibility index (Phi) is 8.63. The number of hydrogen-bond donors (Lipinski definition) is 0. The lowest BCUT2D eigenvalue weighted by molar-refractivity contribution is 0.0804. The van der Waals surface area contributed by atoms with Crippen molar-refractivity contribution in [1.82, 2.24) is 0 Å². The van der Waals surface area contributed by atoms with Crippen LogP contribution in [0.4, 0.5) is 0 Å². The van der Waals surface area contributed by atoms with E-state index in [9.17, 15) is 0 Å². The molecule has 0 saturated heterocycles. The highest BCUT2D eigenvalue weighted by atomic mass is 16.5. The minimum atomic E-state index is 0.666. The van der Waals surface area contributed by atoms with Gasteiger partial charge in [0.2, 0.25) is 0 Å². The van der Waals surface area contributed by atoms with Gasteiger partial charge in [0.15, 0.2) is 0 Å². The molecule has 0 radical (unpaired) electrons. The molecule has 0 atom stereocenters. The second-order valence-electron chi connectivity index (χ2n) is 6.90. The molecule has 0 unspecified atom stereocenters. The summed E-state index contributed by atoms with van der Waals surface area (Å²) >= 11 is 0. The number of nitrogens with zero attached hydrogens (tertiary/aromatic N) is 1. The van der Waals surface area contributed by atoms with Crippen molar-refractivity contribution < 1.29 is 4.74 Å². The SMILES string of the molecule is CC/C=C/CCCCOCC1CCC(c2ccc(C#N)cc2)CC1. The molecule has 1 saturated carbocycles. The van der Waals surface area contributed by atoms with Gasteiger partial charge in [0, 0.05) is 13.2 Å². The van der Waals surface area contributed by atoms with Crippen LogP contribution in [0.25, 0.3) is 0 Å². The minimum absolute atomic E-state index is 0.666. The Bertz CT molecular complexity index is 518. The van der Waals surface area contributed by atoms with Crippen molar-refractivity contribution >= 4 is 0 Å². The van der Waals surface area contributed by atoms with E-state index < -0.39 is 0 Å². The second-order valence-corrected chi connectivity index (χ2v) is 6.90. The molecule has 0 spiro atoms. The number of hydrogen-bond acceptors (Lipinski definition) is 2. The minimum Gasteiger partial charge on any atom is -0.381 e. The first-order valence-electron chi connectivity index (χ1n) is 9.56. The Morgan fingerprint density at radius 1 is 1.08 bits per heavy atom. The highest BCUT2D eigenvalue weighted by Crippen LogP contribution is 2.35. The summed E-state index contributed by atoms with van der Waals surface area (Å²) in [7, 11) is 0. The van der Waals surface area contributed by atoms with Gasteiger partial charge in [-0.05, 0) is 80.9 Å². The predicted molar refractivity (Wildman–Crippen MR) is 100.0 cm³/mol. The molecule has 0 amide bonds. The van der Waals surface area contributed by atoms with Gasteiger partial charge in [-0.2, -0.15) is 5.26 Å². The van der Waals surface area contributed by atoms with Crippen LogP contribution in [-0.2, 0) is 4.74 Å². The van der Waals surface area contributed by atoms with E-state index >= 15 is 0 Å². The average Bonchev–Trinajstić information content (AvgIpc) is 2.64. The van der Waals surface area contributed by atoms with E-state index in [1.165, 1.54) is 50.5 Å². The molecule has 0 N–H and O–H groups in total. The first kappa shape index (κ1) is 18.7. The van der Waals surface area contributed by atoms with E-state index in [0.29, 0.717) is 5.92 Å². The van der Waals surface area contributed by atoms with Gasteiger partial charge in [0.05, 0.1) is 11.6 Å². The van der Waals surface area contributed by atoms with Crippen molar-refractivity contribution in [2.75, 3.05) is 13.2 Å². The smallest absolute Gasteiger partial charge is 0.0991 e. The summed E-state index contributed by atoms with van der Waals surface area (Å²) in [5, 5.41) is 8.88. The van der Waals surface area contributed by atoms with E-state index in [0.717, 1.165) is 31.1 Å². The number of benzene rings is 1. The van der Waals surface area contributed by atoms with Crippen LogP contribution in [0, 0.1) is 17.2 Å². The van der Waals surface area contributed by atoms with Crippen LogP contribution < -0.4 is 0 Å². The zero-order valence-corrected chi connectivity index (χ0v) is 15.0. The molecule has 0 heterocycles. The lowest BCUT2D eigenvalue weighted by atomic mass is 9.79. The highest BCUT2D eigenvalue weighted by molar-refractivity contribution is 5.33. The van der Waals surface area contributed by atoms with Gasteiger partial charge in [-0.25, -0.2) is 0 Å². The average molecular weight is 325 g/mol. The van der Waals surface area contributed by atoms with Gasteiger partial charge in [0.25, 0.3) is 0 Å². The maximum Gasteiger partial charge on any atom is 0.0991 e. The Hall–Kier alpha value is -1.59. The molecule has 1 fully saturated rings. The van der Waals surface area contributed by atoms with Gasteiger partial charge in [-0.15, -0.1) is 0 Å². The van der Waals surface area contributed by atoms with Crippen LogP contribution >= 0.6 is 0 Å². The molecule has 1 aliphatic carbocycles. The van der Waals surface area contributed by atoms with E-state index in [2.05, 4.69) is 37.3 Å². The summed E-state index contributed by atoms with van der Waals surface area (Å²) in [4.78, 5) is 0. The third kappa shape index (κ3) is 6.49. The molecule has 130 valence electrons. The van der Waals surface area contributed by atoms with Crippen molar-refractivity contribution in [3.63, 3.8) is 0 Å². The molecule has 1 aromatic carbocycles. The van der Waals surface area contributed by atoms with Gasteiger partial charge in [-0.1, -0.05) is 31.2 Å².